The first-order valence-corrected chi connectivity index (χ1v) is 6.57. The second-order valence-electron chi connectivity index (χ2n) is 4.92. The molecule has 1 unspecified atom stereocenters. The van der Waals surface area contributed by atoms with E-state index in [0.717, 1.165) is 13.1 Å². The van der Waals surface area contributed by atoms with Crippen LogP contribution in [-0.4, -0.2) is 21.7 Å². The molecule has 0 bridgehead atoms. The second-order valence-corrected chi connectivity index (χ2v) is 4.92. The largest absolute Gasteiger partial charge is 0.328 e. The van der Waals surface area contributed by atoms with Gasteiger partial charge in [0.15, 0.2) is 0 Å². The lowest BCUT2D eigenvalue weighted by Gasteiger charge is -2.12. The molecule has 0 fully saturated rings. The van der Waals surface area contributed by atoms with E-state index < -0.39 is 0 Å². The maximum Gasteiger partial charge on any atom is 0.328 e. The molecular weight excluding hydrogens is 214 g/mol. The molecule has 0 saturated heterocycles. The van der Waals surface area contributed by atoms with E-state index in [-0.39, 0.29) is 11.7 Å². The Morgan fingerprint density at radius 2 is 2.00 bits per heavy atom. The number of nitrogens with one attached hydrogen (secondary N) is 1. The van der Waals surface area contributed by atoms with E-state index in [9.17, 15) is 4.79 Å². The highest BCUT2D eigenvalue weighted by molar-refractivity contribution is 4.83. The molecule has 0 aliphatic rings. The van der Waals surface area contributed by atoms with Crippen LogP contribution in [0.5, 0.6) is 0 Å². The van der Waals surface area contributed by atoms with Gasteiger partial charge < -0.3 is 5.32 Å². The van der Waals surface area contributed by atoms with Gasteiger partial charge in [0.05, 0.1) is 0 Å². The van der Waals surface area contributed by atoms with Crippen molar-refractivity contribution >= 4 is 0 Å². The molecule has 1 rings (SSSR count). The van der Waals surface area contributed by atoms with Gasteiger partial charge in [0.2, 0.25) is 0 Å². The third kappa shape index (κ3) is 4.04. The molecule has 1 N–H and O–H groups in total. The topological polar surface area (TPSA) is 39.0 Å². The first-order valence-electron chi connectivity index (χ1n) is 6.57. The smallest absolute Gasteiger partial charge is 0.312 e. The molecule has 1 aromatic heterocycles. The highest BCUT2D eigenvalue weighted by Gasteiger charge is 2.06. The Bertz CT molecular complexity index is 378. The van der Waals surface area contributed by atoms with E-state index in [2.05, 4.69) is 19.2 Å². The van der Waals surface area contributed by atoms with Crippen molar-refractivity contribution in [2.24, 2.45) is 0 Å². The van der Waals surface area contributed by atoms with Gasteiger partial charge in [-0.3, -0.25) is 9.13 Å². The Hall–Kier alpha value is -1.03. The Labute approximate surface area is 104 Å². The number of aromatic nitrogens is 2. The fourth-order valence-electron chi connectivity index (χ4n) is 1.96. The van der Waals surface area contributed by atoms with Gasteiger partial charge in [-0.25, -0.2) is 4.79 Å². The summed E-state index contributed by atoms with van der Waals surface area (Å²) in [5, 5.41) is 3.43. The molecule has 1 atom stereocenters. The van der Waals surface area contributed by atoms with Crippen LogP contribution in [0, 0.1) is 0 Å². The molecule has 0 radical (unpaired) electrons. The van der Waals surface area contributed by atoms with Gasteiger partial charge in [-0.15, -0.1) is 0 Å². The Morgan fingerprint density at radius 3 is 2.53 bits per heavy atom. The van der Waals surface area contributed by atoms with Crippen LogP contribution < -0.4 is 11.0 Å². The summed E-state index contributed by atoms with van der Waals surface area (Å²) in [5.74, 6) is 0. The summed E-state index contributed by atoms with van der Waals surface area (Å²) < 4.78 is 3.53. The summed E-state index contributed by atoms with van der Waals surface area (Å²) in [7, 11) is 0. The van der Waals surface area contributed by atoms with Crippen molar-refractivity contribution < 1.29 is 0 Å². The van der Waals surface area contributed by atoms with Crippen molar-refractivity contribution in [3.8, 4) is 0 Å². The molecule has 0 spiro atoms. The summed E-state index contributed by atoms with van der Waals surface area (Å²) in [5.41, 5.74) is 0.0879. The third-order valence-electron chi connectivity index (χ3n) is 3.00. The zero-order valence-corrected chi connectivity index (χ0v) is 11.4. The molecule has 4 heteroatoms. The van der Waals surface area contributed by atoms with Crippen molar-refractivity contribution in [2.45, 2.75) is 59.2 Å². The molecule has 1 aromatic rings. The molecular formula is C13H25N3O. The van der Waals surface area contributed by atoms with E-state index in [1.54, 1.807) is 9.13 Å². The van der Waals surface area contributed by atoms with E-state index in [1.165, 1.54) is 12.8 Å². The quantitative estimate of drug-likeness (QED) is 0.790. The van der Waals surface area contributed by atoms with Gasteiger partial charge in [0.1, 0.15) is 0 Å². The van der Waals surface area contributed by atoms with Gasteiger partial charge >= 0.3 is 5.69 Å². The second kappa shape index (κ2) is 6.64. The van der Waals surface area contributed by atoms with Gasteiger partial charge in [0, 0.05) is 37.6 Å². The van der Waals surface area contributed by atoms with Crippen molar-refractivity contribution in [1.82, 2.24) is 14.5 Å². The van der Waals surface area contributed by atoms with Gasteiger partial charge in [-0.2, -0.15) is 0 Å². The van der Waals surface area contributed by atoms with Gasteiger partial charge in [-0.1, -0.05) is 13.3 Å². The van der Waals surface area contributed by atoms with Crippen LogP contribution in [0.3, 0.4) is 0 Å². The third-order valence-corrected chi connectivity index (χ3v) is 3.00. The first-order chi connectivity index (χ1) is 8.06. The molecule has 1 heterocycles. The average molecular weight is 239 g/mol. The summed E-state index contributed by atoms with van der Waals surface area (Å²) in [4.78, 5) is 11.9. The van der Waals surface area contributed by atoms with Gasteiger partial charge in [0.25, 0.3) is 0 Å². The lowest BCUT2D eigenvalue weighted by Crippen LogP contribution is -2.32. The number of nitrogens with zero attached hydrogens (tertiary/aromatic N) is 2. The molecule has 0 saturated carbocycles. The predicted molar refractivity (Wildman–Crippen MR) is 71.4 cm³/mol. The summed E-state index contributed by atoms with van der Waals surface area (Å²) >= 11 is 0. The van der Waals surface area contributed by atoms with Crippen LogP contribution in [0.15, 0.2) is 17.2 Å². The average Bonchev–Trinajstić information content (AvgIpc) is 2.61. The number of rotatable bonds is 7. The number of hydrogen-bond acceptors (Lipinski definition) is 2. The van der Waals surface area contributed by atoms with Crippen molar-refractivity contribution in [1.29, 1.82) is 0 Å². The van der Waals surface area contributed by atoms with Gasteiger partial charge in [-0.05, 0) is 27.2 Å². The fourth-order valence-corrected chi connectivity index (χ4v) is 1.96. The highest BCUT2D eigenvalue weighted by Crippen LogP contribution is 1.99. The van der Waals surface area contributed by atoms with E-state index in [0.29, 0.717) is 6.04 Å². The summed E-state index contributed by atoms with van der Waals surface area (Å²) in [6.45, 7) is 10.0. The lowest BCUT2D eigenvalue weighted by molar-refractivity contribution is 0.475. The maximum absolute atomic E-state index is 11.9. The predicted octanol–water partition coefficient (Wildman–Crippen LogP) is 2.01. The molecule has 98 valence electrons. The molecule has 0 aliphatic heterocycles. The minimum atomic E-state index is 0.0879. The Balaban J connectivity index is 2.45. The highest BCUT2D eigenvalue weighted by atomic mass is 16.1. The van der Waals surface area contributed by atoms with Crippen LogP contribution in [0.2, 0.25) is 0 Å². The first kappa shape index (κ1) is 14.0. The minimum absolute atomic E-state index is 0.0879. The summed E-state index contributed by atoms with van der Waals surface area (Å²) in [6, 6.07) is 0.763. The van der Waals surface area contributed by atoms with Crippen molar-refractivity contribution in [2.75, 3.05) is 6.54 Å². The molecule has 0 amide bonds. The zero-order chi connectivity index (χ0) is 12.8. The van der Waals surface area contributed by atoms with E-state index >= 15 is 0 Å². The van der Waals surface area contributed by atoms with Crippen LogP contribution in [0.1, 0.15) is 46.6 Å². The molecule has 17 heavy (non-hydrogen) atoms. The van der Waals surface area contributed by atoms with Crippen LogP contribution in [-0.2, 0) is 6.54 Å². The Morgan fingerprint density at radius 1 is 1.29 bits per heavy atom. The lowest BCUT2D eigenvalue weighted by atomic mass is 10.2. The zero-order valence-electron chi connectivity index (χ0n) is 11.4. The van der Waals surface area contributed by atoms with Crippen LogP contribution in [0.4, 0.5) is 0 Å². The standard InChI is InChI=1S/C13H25N3O/c1-5-6-12(4)14-7-8-15-9-10-16(11(2)3)13(15)17/h9-12,14H,5-8H2,1-4H3. The monoisotopic (exact) mass is 239 g/mol. The van der Waals surface area contributed by atoms with Crippen molar-refractivity contribution in [3.05, 3.63) is 22.9 Å². The van der Waals surface area contributed by atoms with Crippen LogP contribution >= 0.6 is 0 Å². The van der Waals surface area contributed by atoms with E-state index in [1.807, 2.05) is 26.2 Å². The molecule has 0 aromatic carbocycles. The normalized spacial score (nSPS) is 13.2. The summed E-state index contributed by atoms with van der Waals surface area (Å²) in [6.07, 6.45) is 6.11. The Kier molecular flexibility index (Phi) is 5.48. The number of hydrogen-bond donors (Lipinski definition) is 1. The maximum atomic E-state index is 11.9. The van der Waals surface area contributed by atoms with Crippen LogP contribution in [0.25, 0.3) is 0 Å². The van der Waals surface area contributed by atoms with Crippen molar-refractivity contribution in [3.63, 3.8) is 0 Å². The molecule has 4 nitrogen and oxygen atoms in total. The SMILES string of the molecule is CCCC(C)NCCn1ccn(C(C)C)c1=O. The fraction of sp³-hybridized carbons (Fsp3) is 0.769. The number of imidazole rings is 1. The minimum Gasteiger partial charge on any atom is -0.312 e. The van der Waals surface area contributed by atoms with E-state index in [4.69, 9.17) is 0 Å². The molecule has 0 aliphatic carbocycles.